The number of benzene rings is 1. The summed E-state index contributed by atoms with van der Waals surface area (Å²) in [5.41, 5.74) is 2.14. The van der Waals surface area contributed by atoms with E-state index < -0.39 is 0 Å². The van der Waals surface area contributed by atoms with Gasteiger partial charge in [-0.15, -0.1) is 0 Å². The summed E-state index contributed by atoms with van der Waals surface area (Å²) in [6, 6.07) is 9.90. The summed E-state index contributed by atoms with van der Waals surface area (Å²) in [7, 11) is 0. The molecular formula is C17H24N4O2. The zero-order valence-electron chi connectivity index (χ0n) is 13.4. The molecule has 1 unspecified atom stereocenters. The van der Waals surface area contributed by atoms with Gasteiger partial charge < -0.3 is 15.7 Å². The Balaban J connectivity index is 1.73. The predicted molar refractivity (Wildman–Crippen MR) is 88.9 cm³/mol. The highest BCUT2D eigenvalue weighted by Gasteiger charge is 2.06. The van der Waals surface area contributed by atoms with E-state index >= 15 is 0 Å². The van der Waals surface area contributed by atoms with Crippen LogP contribution < -0.4 is 10.6 Å². The minimum Gasteiger partial charge on any atom is -0.396 e. The van der Waals surface area contributed by atoms with Gasteiger partial charge in [0.25, 0.3) is 0 Å². The lowest BCUT2D eigenvalue weighted by molar-refractivity contribution is 0.233. The van der Waals surface area contributed by atoms with Crippen molar-refractivity contribution in [1.82, 2.24) is 20.4 Å². The van der Waals surface area contributed by atoms with Gasteiger partial charge in [0.2, 0.25) is 0 Å². The maximum atomic E-state index is 11.7. The van der Waals surface area contributed by atoms with Gasteiger partial charge in [0.1, 0.15) is 0 Å². The summed E-state index contributed by atoms with van der Waals surface area (Å²) < 4.78 is 1.85. The second-order valence-electron chi connectivity index (χ2n) is 5.71. The maximum absolute atomic E-state index is 11.7. The third-order valence-electron chi connectivity index (χ3n) is 3.56. The molecule has 1 atom stereocenters. The van der Waals surface area contributed by atoms with Gasteiger partial charge in [-0.3, -0.25) is 4.68 Å². The van der Waals surface area contributed by atoms with Gasteiger partial charge in [0, 0.05) is 31.5 Å². The van der Waals surface area contributed by atoms with Crippen molar-refractivity contribution < 1.29 is 9.90 Å². The smallest absolute Gasteiger partial charge is 0.315 e. The van der Waals surface area contributed by atoms with Crippen molar-refractivity contribution in [3.05, 3.63) is 53.9 Å². The van der Waals surface area contributed by atoms with Gasteiger partial charge >= 0.3 is 6.03 Å². The molecule has 2 rings (SSSR count). The SMILES string of the molecule is CC(CCO)CNC(=O)NCc1cnn(Cc2ccccc2)c1. The molecule has 0 aliphatic carbocycles. The Morgan fingerprint density at radius 1 is 1.26 bits per heavy atom. The fourth-order valence-corrected chi connectivity index (χ4v) is 2.19. The largest absolute Gasteiger partial charge is 0.396 e. The second-order valence-corrected chi connectivity index (χ2v) is 5.71. The maximum Gasteiger partial charge on any atom is 0.315 e. The van der Waals surface area contributed by atoms with Crippen molar-refractivity contribution in [2.24, 2.45) is 5.92 Å². The Hall–Kier alpha value is -2.34. The molecule has 0 saturated carbocycles. The van der Waals surface area contributed by atoms with E-state index in [-0.39, 0.29) is 18.6 Å². The summed E-state index contributed by atoms with van der Waals surface area (Å²) in [4.78, 5) is 11.7. The first-order valence-corrected chi connectivity index (χ1v) is 7.85. The number of rotatable bonds is 8. The Labute approximate surface area is 136 Å². The number of carbonyl (C=O) groups is 1. The van der Waals surface area contributed by atoms with Crippen LogP contribution in [0.3, 0.4) is 0 Å². The van der Waals surface area contributed by atoms with Crippen molar-refractivity contribution >= 4 is 6.03 Å². The van der Waals surface area contributed by atoms with Crippen molar-refractivity contribution in [2.75, 3.05) is 13.2 Å². The van der Waals surface area contributed by atoms with Crippen LogP contribution in [0.15, 0.2) is 42.7 Å². The van der Waals surface area contributed by atoms with Crippen LogP contribution in [0, 0.1) is 5.92 Å². The monoisotopic (exact) mass is 316 g/mol. The zero-order chi connectivity index (χ0) is 16.5. The van der Waals surface area contributed by atoms with Crippen LogP contribution in [0.1, 0.15) is 24.5 Å². The minimum atomic E-state index is -0.203. The number of aliphatic hydroxyl groups excluding tert-OH is 1. The fourth-order valence-electron chi connectivity index (χ4n) is 2.19. The first-order chi connectivity index (χ1) is 11.2. The van der Waals surface area contributed by atoms with Gasteiger partial charge in [-0.05, 0) is 17.9 Å². The van der Waals surface area contributed by atoms with Crippen molar-refractivity contribution in [1.29, 1.82) is 0 Å². The van der Waals surface area contributed by atoms with Crippen LogP contribution in [-0.4, -0.2) is 34.1 Å². The normalized spacial score (nSPS) is 11.9. The molecule has 6 nitrogen and oxygen atoms in total. The Kier molecular flexibility index (Phi) is 6.62. The lowest BCUT2D eigenvalue weighted by Gasteiger charge is -2.11. The summed E-state index contributed by atoms with van der Waals surface area (Å²) in [5, 5.41) is 18.7. The van der Waals surface area contributed by atoms with E-state index in [1.807, 2.05) is 36.0 Å². The van der Waals surface area contributed by atoms with Gasteiger partial charge in [-0.2, -0.15) is 5.10 Å². The molecule has 0 bridgehead atoms. The highest BCUT2D eigenvalue weighted by Crippen LogP contribution is 2.04. The fraction of sp³-hybridized carbons (Fsp3) is 0.412. The summed E-state index contributed by atoms with van der Waals surface area (Å²) in [5.74, 6) is 0.263. The molecule has 1 heterocycles. The molecular weight excluding hydrogens is 292 g/mol. The summed E-state index contributed by atoms with van der Waals surface area (Å²) in [6.07, 6.45) is 4.38. The van der Waals surface area contributed by atoms with Crippen molar-refractivity contribution in [3.8, 4) is 0 Å². The average molecular weight is 316 g/mol. The predicted octanol–water partition coefficient (Wildman–Crippen LogP) is 1.75. The number of aromatic nitrogens is 2. The molecule has 0 radical (unpaired) electrons. The number of nitrogens with zero attached hydrogens (tertiary/aromatic N) is 2. The molecule has 2 aromatic rings. The number of aliphatic hydroxyl groups is 1. The number of hydrogen-bond donors (Lipinski definition) is 3. The molecule has 1 aromatic carbocycles. The van der Waals surface area contributed by atoms with Gasteiger partial charge in [-0.1, -0.05) is 37.3 Å². The molecule has 2 amide bonds. The molecule has 0 saturated heterocycles. The van der Waals surface area contributed by atoms with E-state index in [1.165, 1.54) is 5.56 Å². The Bertz CT molecular complexity index is 598. The van der Waals surface area contributed by atoms with Crippen LogP contribution in [0.2, 0.25) is 0 Å². The van der Waals surface area contributed by atoms with E-state index in [9.17, 15) is 4.79 Å². The van der Waals surface area contributed by atoms with Crippen molar-refractivity contribution in [2.45, 2.75) is 26.4 Å². The van der Waals surface area contributed by atoms with Gasteiger partial charge in [0.15, 0.2) is 0 Å². The number of urea groups is 1. The summed E-state index contributed by atoms with van der Waals surface area (Å²) >= 11 is 0. The lowest BCUT2D eigenvalue weighted by atomic mass is 10.1. The molecule has 6 heteroatoms. The summed E-state index contributed by atoms with van der Waals surface area (Å²) in [6.45, 7) is 3.84. The van der Waals surface area contributed by atoms with E-state index in [0.29, 0.717) is 26.1 Å². The quantitative estimate of drug-likeness (QED) is 0.694. The van der Waals surface area contributed by atoms with E-state index in [1.54, 1.807) is 6.20 Å². The van der Waals surface area contributed by atoms with Gasteiger partial charge in [0.05, 0.1) is 12.7 Å². The highest BCUT2D eigenvalue weighted by atomic mass is 16.3. The molecule has 1 aromatic heterocycles. The number of nitrogens with one attached hydrogen (secondary N) is 2. The van der Waals surface area contributed by atoms with Crippen LogP contribution in [-0.2, 0) is 13.1 Å². The first-order valence-electron chi connectivity index (χ1n) is 7.85. The third kappa shape index (κ3) is 6.12. The molecule has 3 N–H and O–H groups in total. The second kappa shape index (κ2) is 8.95. The molecule has 124 valence electrons. The topological polar surface area (TPSA) is 79.2 Å². The zero-order valence-corrected chi connectivity index (χ0v) is 13.4. The molecule has 0 fully saturated rings. The Morgan fingerprint density at radius 2 is 2.04 bits per heavy atom. The Morgan fingerprint density at radius 3 is 2.78 bits per heavy atom. The lowest BCUT2D eigenvalue weighted by Crippen LogP contribution is -2.37. The molecule has 0 aliphatic heterocycles. The van der Waals surface area contributed by atoms with Crippen molar-refractivity contribution in [3.63, 3.8) is 0 Å². The number of amides is 2. The van der Waals surface area contributed by atoms with Crippen LogP contribution >= 0.6 is 0 Å². The third-order valence-corrected chi connectivity index (χ3v) is 3.56. The van der Waals surface area contributed by atoms with E-state index in [4.69, 9.17) is 5.11 Å². The highest BCUT2D eigenvalue weighted by molar-refractivity contribution is 5.73. The minimum absolute atomic E-state index is 0.144. The molecule has 0 spiro atoms. The molecule has 23 heavy (non-hydrogen) atoms. The molecule has 0 aliphatic rings. The average Bonchev–Trinajstić information content (AvgIpc) is 3.00. The number of hydrogen-bond acceptors (Lipinski definition) is 3. The van der Waals surface area contributed by atoms with Gasteiger partial charge in [-0.25, -0.2) is 4.79 Å². The van der Waals surface area contributed by atoms with E-state index in [2.05, 4.69) is 27.9 Å². The van der Waals surface area contributed by atoms with Crippen LogP contribution in [0.5, 0.6) is 0 Å². The first kappa shape index (κ1) is 17.0. The van der Waals surface area contributed by atoms with E-state index in [0.717, 1.165) is 5.56 Å². The van der Waals surface area contributed by atoms with Crippen LogP contribution in [0.4, 0.5) is 4.79 Å². The number of carbonyl (C=O) groups excluding carboxylic acids is 1. The standard InChI is InChI=1S/C17H24N4O2/c1-14(7-8-22)9-18-17(23)19-10-16-11-20-21(13-16)12-15-5-3-2-4-6-15/h2-6,11,13-14,22H,7-10,12H2,1H3,(H2,18,19,23). The van der Waals surface area contributed by atoms with Crippen LogP contribution in [0.25, 0.3) is 0 Å².